The average Bonchev–Trinajstić information content (AvgIpc) is 3.76. The number of para-hydroxylation sites is 1. The zero-order valence-corrected chi connectivity index (χ0v) is 36.5. The summed E-state index contributed by atoms with van der Waals surface area (Å²) in [5, 5.41) is 22.2. The second-order valence-corrected chi connectivity index (χ2v) is 21.4. The summed E-state index contributed by atoms with van der Waals surface area (Å²) in [7, 11) is -3.97. The van der Waals surface area contributed by atoms with E-state index in [-0.39, 0.29) is 39.2 Å². The Labute approximate surface area is 359 Å². The third kappa shape index (κ3) is 8.44. The molecule has 1 aliphatic heterocycles. The molecular formula is C45H53N7O7S2. The molecule has 5 aromatic rings. The lowest BCUT2D eigenvalue weighted by atomic mass is 9.39. The van der Waals surface area contributed by atoms with Crippen molar-refractivity contribution in [3.63, 3.8) is 0 Å². The van der Waals surface area contributed by atoms with Gasteiger partial charge in [-0.05, 0) is 123 Å². The summed E-state index contributed by atoms with van der Waals surface area (Å²) in [6.45, 7) is 10.1. The maximum Gasteiger partial charge on any atom is 0.355 e. The maximum absolute atomic E-state index is 13.6. The van der Waals surface area contributed by atoms with Crippen LogP contribution in [0.2, 0.25) is 0 Å². The highest BCUT2D eigenvalue weighted by molar-refractivity contribution is 7.85. The van der Waals surface area contributed by atoms with E-state index in [2.05, 4.69) is 34.1 Å². The molecule has 2 atom stereocenters. The minimum absolute atomic E-state index is 0.0400. The number of fused-ring (bicyclic) bond motifs is 2. The minimum atomic E-state index is -3.97. The molecule has 322 valence electrons. The number of thiazole rings is 1. The number of hydrogen-bond acceptors (Lipinski definition) is 11. The molecule has 3 aromatic heterocycles. The number of nitrogens with zero attached hydrogens (tertiary/aromatic N) is 5. The first-order valence-electron chi connectivity index (χ1n) is 21.1. The van der Waals surface area contributed by atoms with Gasteiger partial charge in [0.2, 0.25) is 0 Å². The fourth-order valence-electron chi connectivity index (χ4n) is 12.3. The Hall–Kier alpha value is -4.74. The molecule has 4 heterocycles. The van der Waals surface area contributed by atoms with Gasteiger partial charge >= 0.3 is 5.97 Å². The molecule has 10 rings (SSSR count). The van der Waals surface area contributed by atoms with Gasteiger partial charge in [-0.1, -0.05) is 49.4 Å². The second-order valence-electron chi connectivity index (χ2n) is 18.8. The van der Waals surface area contributed by atoms with Crippen molar-refractivity contribution < 1.29 is 32.4 Å². The number of pyridine rings is 1. The Morgan fingerprint density at radius 3 is 2.48 bits per heavy atom. The van der Waals surface area contributed by atoms with Gasteiger partial charge < -0.3 is 20.1 Å². The van der Waals surface area contributed by atoms with E-state index >= 15 is 0 Å². The van der Waals surface area contributed by atoms with E-state index in [4.69, 9.17) is 19.4 Å². The molecule has 2 aromatic carbocycles. The standard InChI is InChI=1S/C45H53N7O7S2/c1-29-33(20-47-52(29)28-44-23-42(2)22-43(3,24-44)26-45(25-42,27-44)59-18-16-46-15-7-19-61(56,57)58)31-12-13-37(49-38(31)40(54)55)51-17-14-30-8-6-9-32(34(30)21-51)39(53)50-41-48-35-10-4-5-11-36(35)60-41/h4-6,8-13,20,46H,7,14-19,21-28H2,1-3H3,(H,54,55)(H,48,50,53)(H,56,57,58). The minimum Gasteiger partial charge on any atom is -0.476 e. The van der Waals surface area contributed by atoms with Crippen molar-refractivity contribution in [3.8, 4) is 11.1 Å². The lowest BCUT2D eigenvalue weighted by Crippen LogP contribution is -2.64. The maximum atomic E-state index is 13.6. The summed E-state index contributed by atoms with van der Waals surface area (Å²) in [5.74, 6) is -1.08. The van der Waals surface area contributed by atoms with Crippen LogP contribution in [0.15, 0.2) is 60.8 Å². The van der Waals surface area contributed by atoms with Gasteiger partial charge in [0, 0.05) is 48.6 Å². The van der Waals surface area contributed by atoms with Crippen LogP contribution in [0.4, 0.5) is 10.9 Å². The highest BCUT2D eigenvalue weighted by Crippen LogP contribution is 2.72. The van der Waals surface area contributed by atoms with Gasteiger partial charge in [-0.25, -0.2) is 14.8 Å². The number of hydrogen-bond donors (Lipinski definition) is 4. The third-order valence-electron chi connectivity index (χ3n) is 13.4. The highest BCUT2D eigenvalue weighted by Gasteiger charge is 2.66. The molecule has 5 aliphatic rings. The summed E-state index contributed by atoms with van der Waals surface area (Å²) < 4.78 is 41.0. The number of anilines is 2. The Bertz CT molecular complexity index is 2590. The van der Waals surface area contributed by atoms with E-state index in [0.717, 1.165) is 71.1 Å². The van der Waals surface area contributed by atoms with Gasteiger partial charge in [0.25, 0.3) is 16.0 Å². The first-order valence-corrected chi connectivity index (χ1v) is 23.5. The van der Waals surface area contributed by atoms with Crippen molar-refractivity contribution in [2.24, 2.45) is 16.2 Å². The van der Waals surface area contributed by atoms with Crippen molar-refractivity contribution in [2.75, 3.05) is 42.2 Å². The van der Waals surface area contributed by atoms with Gasteiger partial charge in [-0.15, -0.1) is 0 Å². The van der Waals surface area contributed by atoms with Gasteiger partial charge in [0.05, 0.1) is 34.4 Å². The van der Waals surface area contributed by atoms with E-state index in [1.165, 1.54) is 11.3 Å². The van der Waals surface area contributed by atoms with Crippen molar-refractivity contribution in [3.05, 3.63) is 88.9 Å². The zero-order valence-electron chi connectivity index (χ0n) is 34.9. The molecule has 4 fully saturated rings. The summed E-state index contributed by atoms with van der Waals surface area (Å²) in [5.41, 5.74) is 5.42. The van der Waals surface area contributed by atoms with Crippen LogP contribution in [-0.2, 0) is 34.4 Å². The van der Waals surface area contributed by atoms with E-state index in [1.807, 2.05) is 66.4 Å². The molecule has 4 bridgehead atoms. The number of carboxylic acids is 1. The van der Waals surface area contributed by atoms with Crippen LogP contribution in [0.1, 0.15) is 96.5 Å². The van der Waals surface area contributed by atoms with Crippen molar-refractivity contribution >= 4 is 54.5 Å². The number of nitrogens with one attached hydrogen (secondary N) is 2. The molecule has 4 N–H and O–H groups in total. The Balaban J connectivity index is 0.912. The average molecular weight is 868 g/mol. The Morgan fingerprint density at radius 1 is 0.934 bits per heavy atom. The molecular weight excluding hydrogens is 815 g/mol. The van der Waals surface area contributed by atoms with Crippen LogP contribution in [-0.4, -0.2) is 87.3 Å². The first kappa shape index (κ1) is 41.6. The van der Waals surface area contributed by atoms with Crippen molar-refractivity contribution in [1.82, 2.24) is 25.1 Å². The normalized spacial score (nSPS) is 25.5. The second kappa shape index (κ2) is 15.6. The summed E-state index contributed by atoms with van der Waals surface area (Å²) >= 11 is 1.43. The van der Waals surface area contributed by atoms with Crippen LogP contribution in [0.5, 0.6) is 0 Å². The van der Waals surface area contributed by atoms with E-state index < -0.39 is 16.1 Å². The van der Waals surface area contributed by atoms with Crippen LogP contribution in [0, 0.1) is 23.2 Å². The Kier molecular flexibility index (Phi) is 10.6. The molecule has 14 nitrogen and oxygen atoms in total. The Morgan fingerprint density at radius 2 is 1.72 bits per heavy atom. The molecule has 16 heteroatoms. The molecule has 2 unspecified atom stereocenters. The van der Waals surface area contributed by atoms with Gasteiger partial charge in [0.15, 0.2) is 10.8 Å². The lowest BCUT2D eigenvalue weighted by molar-refractivity contribution is -0.247. The largest absolute Gasteiger partial charge is 0.476 e. The smallest absolute Gasteiger partial charge is 0.355 e. The van der Waals surface area contributed by atoms with Crippen LogP contribution < -0.4 is 15.5 Å². The van der Waals surface area contributed by atoms with E-state index in [1.54, 1.807) is 6.20 Å². The quantitative estimate of drug-likeness (QED) is 0.0605. The lowest BCUT2D eigenvalue weighted by Gasteiger charge is -2.69. The highest BCUT2D eigenvalue weighted by atomic mass is 32.2. The molecule has 1 amide bonds. The third-order valence-corrected chi connectivity index (χ3v) is 15.2. The van der Waals surface area contributed by atoms with Crippen molar-refractivity contribution in [1.29, 1.82) is 0 Å². The number of amides is 1. The number of ether oxygens (including phenoxy) is 1. The van der Waals surface area contributed by atoms with E-state index in [0.29, 0.717) is 74.2 Å². The molecule has 0 radical (unpaired) electrons. The van der Waals surface area contributed by atoms with Gasteiger partial charge in [0.1, 0.15) is 5.82 Å². The van der Waals surface area contributed by atoms with Crippen LogP contribution in [0.3, 0.4) is 0 Å². The number of carbonyl (C=O) groups excluding carboxylic acids is 1. The molecule has 0 spiro atoms. The number of carbonyl (C=O) groups is 2. The van der Waals surface area contributed by atoms with E-state index in [9.17, 15) is 23.1 Å². The number of rotatable bonds is 15. The van der Waals surface area contributed by atoms with Gasteiger partial charge in [-0.3, -0.25) is 19.3 Å². The number of benzene rings is 2. The fraction of sp³-hybridized carbons (Fsp3) is 0.489. The number of aromatic nitrogens is 4. The molecule has 61 heavy (non-hydrogen) atoms. The topological polar surface area (TPSA) is 189 Å². The van der Waals surface area contributed by atoms with Crippen LogP contribution in [0.25, 0.3) is 21.3 Å². The zero-order chi connectivity index (χ0) is 42.8. The van der Waals surface area contributed by atoms with Gasteiger partial charge in [-0.2, -0.15) is 13.5 Å². The predicted octanol–water partition coefficient (Wildman–Crippen LogP) is 7.38. The first-order chi connectivity index (χ1) is 29.0. The summed E-state index contributed by atoms with van der Waals surface area (Å²) in [6.07, 6.45) is 9.03. The number of aromatic carboxylic acids is 1. The number of carboxylic acid groups (broad SMARTS) is 1. The monoisotopic (exact) mass is 867 g/mol. The van der Waals surface area contributed by atoms with Crippen molar-refractivity contribution in [2.45, 2.75) is 90.8 Å². The molecule has 0 saturated heterocycles. The van der Waals surface area contributed by atoms with Crippen LogP contribution >= 0.6 is 11.3 Å². The molecule has 4 aliphatic carbocycles. The predicted molar refractivity (Wildman–Crippen MR) is 235 cm³/mol. The SMILES string of the molecule is Cc1c(-c2ccc(N3CCc4cccc(C(=O)Nc5nc6ccccc6s5)c4C3)nc2C(=O)O)cnn1CC12CC3(C)CC(C)(C1)CC(OCCNCCCS(=O)(=O)O)(C3)C2. The summed E-state index contributed by atoms with van der Waals surface area (Å²) in [6, 6.07) is 17.2. The fourth-order valence-corrected chi connectivity index (χ4v) is 13.6. The summed E-state index contributed by atoms with van der Waals surface area (Å²) in [4.78, 5) is 37.9. The molecule has 4 saturated carbocycles.